The summed E-state index contributed by atoms with van der Waals surface area (Å²) in [6.45, 7) is 2.00. The largest absolute Gasteiger partial charge is 0.381 e. The van der Waals surface area contributed by atoms with Crippen molar-refractivity contribution >= 4 is 23.8 Å². The van der Waals surface area contributed by atoms with Gasteiger partial charge in [-0.1, -0.05) is 91.0 Å². The van der Waals surface area contributed by atoms with Crippen LogP contribution in [0.15, 0.2) is 91.0 Å². The van der Waals surface area contributed by atoms with Gasteiger partial charge in [0.2, 0.25) is 0 Å². The summed E-state index contributed by atoms with van der Waals surface area (Å²) in [5.41, 5.74) is 0. The molecular weight excluding hydrogens is 323 g/mol. The molecular formula is C23H25OP. The fourth-order valence-corrected chi connectivity index (χ4v) is 5.17. The molecule has 0 aromatic heterocycles. The zero-order chi connectivity index (χ0) is 17.2. The second-order valence-electron chi connectivity index (χ2n) is 6.02. The van der Waals surface area contributed by atoms with Crippen LogP contribution in [0.2, 0.25) is 0 Å². The zero-order valence-corrected chi connectivity index (χ0v) is 15.4. The molecule has 3 aromatic carbocycles. The van der Waals surface area contributed by atoms with Gasteiger partial charge in [-0.25, -0.2) is 0 Å². The number of hydrogen-bond acceptors (Lipinski definition) is 1. The highest BCUT2D eigenvalue weighted by Crippen LogP contribution is 2.32. The highest BCUT2D eigenvalue weighted by molar-refractivity contribution is 7.79. The summed E-state index contributed by atoms with van der Waals surface area (Å²) in [7, 11) is -0.446. The normalized spacial score (nSPS) is 13.8. The first kappa shape index (κ1) is 17.9. The maximum Gasteiger partial charge on any atom is 0.0466 e. The van der Waals surface area contributed by atoms with E-state index in [-0.39, 0.29) is 0 Å². The molecule has 4 rings (SSSR count). The molecule has 0 spiro atoms. The average molecular weight is 348 g/mol. The summed E-state index contributed by atoms with van der Waals surface area (Å²) in [5.74, 6) is 0. The van der Waals surface area contributed by atoms with Crippen molar-refractivity contribution in [2.45, 2.75) is 19.3 Å². The van der Waals surface area contributed by atoms with Crippen molar-refractivity contribution < 1.29 is 4.74 Å². The fraction of sp³-hybridized carbons (Fsp3) is 0.217. The monoisotopic (exact) mass is 348 g/mol. The molecule has 0 N–H and O–H groups in total. The Morgan fingerprint density at radius 1 is 0.480 bits per heavy atom. The molecule has 3 aromatic rings. The first-order chi connectivity index (χ1) is 12.4. The van der Waals surface area contributed by atoms with Gasteiger partial charge in [0.1, 0.15) is 0 Å². The van der Waals surface area contributed by atoms with E-state index < -0.39 is 7.92 Å². The van der Waals surface area contributed by atoms with E-state index in [4.69, 9.17) is 4.74 Å². The Bertz CT molecular complexity index is 603. The van der Waals surface area contributed by atoms with Crippen molar-refractivity contribution in [1.29, 1.82) is 0 Å². The smallest absolute Gasteiger partial charge is 0.0466 e. The van der Waals surface area contributed by atoms with Gasteiger partial charge < -0.3 is 4.74 Å². The van der Waals surface area contributed by atoms with E-state index in [1.165, 1.54) is 35.2 Å². The summed E-state index contributed by atoms with van der Waals surface area (Å²) in [6, 6.07) is 32.3. The lowest BCUT2D eigenvalue weighted by Gasteiger charge is -2.18. The van der Waals surface area contributed by atoms with Crippen molar-refractivity contribution in [3.05, 3.63) is 91.0 Å². The van der Waals surface area contributed by atoms with Gasteiger partial charge in [0.15, 0.2) is 0 Å². The molecule has 128 valence electrons. The molecule has 1 aliphatic rings. The second kappa shape index (κ2) is 10.1. The van der Waals surface area contributed by atoms with E-state index in [1.807, 2.05) is 0 Å². The van der Waals surface area contributed by atoms with Crippen LogP contribution < -0.4 is 15.9 Å². The van der Waals surface area contributed by atoms with Crippen molar-refractivity contribution in [3.63, 3.8) is 0 Å². The molecule has 0 saturated carbocycles. The van der Waals surface area contributed by atoms with Crippen molar-refractivity contribution in [1.82, 2.24) is 0 Å². The van der Waals surface area contributed by atoms with E-state index in [2.05, 4.69) is 91.0 Å². The van der Waals surface area contributed by atoms with Crippen LogP contribution in [0.1, 0.15) is 19.3 Å². The average Bonchev–Trinajstić information content (AvgIpc) is 2.72. The summed E-state index contributed by atoms with van der Waals surface area (Å²) in [5, 5.41) is 4.19. The van der Waals surface area contributed by atoms with Crippen LogP contribution in [0.3, 0.4) is 0 Å². The van der Waals surface area contributed by atoms with E-state index in [0.717, 1.165) is 13.2 Å². The lowest BCUT2D eigenvalue weighted by molar-refractivity contribution is 0.0968. The maximum absolute atomic E-state index is 5.07. The molecule has 1 fully saturated rings. The quantitative estimate of drug-likeness (QED) is 0.627. The minimum absolute atomic E-state index is 0.446. The molecule has 0 unspecified atom stereocenters. The zero-order valence-electron chi connectivity index (χ0n) is 14.6. The topological polar surface area (TPSA) is 9.23 Å². The Kier molecular flexibility index (Phi) is 7.24. The van der Waals surface area contributed by atoms with E-state index >= 15 is 0 Å². The van der Waals surface area contributed by atoms with Gasteiger partial charge in [0.05, 0.1) is 0 Å². The van der Waals surface area contributed by atoms with Gasteiger partial charge in [-0.3, -0.25) is 0 Å². The third-order valence-electron chi connectivity index (χ3n) is 4.12. The lowest BCUT2D eigenvalue weighted by Crippen LogP contribution is -2.20. The van der Waals surface area contributed by atoms with Crippen LogP contribution in [0.4, 0.5) is 0 Å². The fourth-order valence-electron chi connectivity index (χ4n) is 2.87. The number of hydrogen-bond donors (Lipinski definition) is 0. The Hall–Kier alpha value is -1.95. The summed E-state index contributed by atoms with van der Waals surface area (Å²) in [4.78, 5) is 0. The molecule has 1 saturated heterocycles. The third-order valence-corrected chi connectivity index (χ3v) is 6.56. The number of ether oxygens (including phenoxy) is 1. The third kappa shape index (κ3) is 5.53. The van der Waals surface area contributed by atoms with Gasteiger partial charge in [-0.2, -0.15) is 0 Å². The predicted molar refractivity (Wildman–Crippen MR) is 110 cm³/mol. The summed E-state index contributed by atoms with van der Waals surface area (Å²) < 4.78 is 5.07. The lowest BCUT2D eigenvalue weighted by atomic mass is 10.2. The molecule has 0 atom stereocenters. The standard InChI is InChI=1S/C18H15P.C5H10O/c1-4-10-16(11-5-1)19(17-12-6-2-7-13-17)18-14-8-3-9-15-18;1-2-4-6-5-3-1/h1-15H;1-5H2. The summed E-state index contributed by atoms with van der Waals surface area (Å²) in [6.07, 6.45) is 3.93. The minimum atomic E-state index is -0.446. The van der Waals surface area contributed by atoms with Gasteiger partial charge in [0.25, 0.3) is 0 Å². The van der Waals surface area contributed by atoms with Crippen molar-refractivity contribution in [2.24, 2.45) is 0 Å². The molecule has 1 aliphatic heterocycles. The van der Waals surface area contributed by atoms with Crippen LogP contribution in [-0.4, -0.2) is 13.2 Å². The highest BCUT2D eigenvalue weighted by Gasteiger charge is 2.14. The van der Waals surface area contributed by atoms with Crippen LogP contribution in [0.25, 0.3) is 0 Å². The second-order valence-corrected chi connectivity index (χ2v) is 8.24. The van der Waals surface area contributed by atoms with Crippen LogP contribution in [-0.2, 0) is 4.74 Å². The van der Waals surface area contributed by atoms with Gasteiger partial charge in [-0.05, 0) is 43.1 Å². The Balaban J connectivity index is 0.000000258. The minimum Gasteiger partial charge on any atom is -0.381 e. The number of rotatable bonds is 3. The first-order valence-electron chi connectivity index (χ1n) is 8.98. The van der Waals surface area contributed by atoms with Crippen molar-refractivity contribution in [3.8, 4) is 0 Å². The first-order valence-corrected chi connectivity index (χ1v) is 10.3. The van der Waals surface area contributed by atoms with Crippen LogP contribution in [0.5, 0.6) is 0 Å². The molecule has 0 aliphatic carbocycles. The van der Waals surface area contributed by atoms with E-state index in [1.54, 1.807) is 0 Å². The molecule has 2 heteroatoms. The molecule has 0 amide bonds. The maximum atomic E-state index is 5.07. The SMILES string of the molecule is C1CCOCC1.c1ccc(P(c2ccccc2)c2ccccc2)cc1. The predicted octanol–water partition coefficient (Wildman–Crippen LogP) is 4.63. The molecule has 0 bridgehead atoms. The Morgan fingerprint density at radius 3 is 1.08 bits per heavy atom. The Labute approximate surface area is 152 Å². The van der Waals surface area contributed by atoms with Gasteiger partial charge in [-0.15, -0.1) is 0 Å². The molecule has 1 heterocycles. The molecule has 25 heavy (non-hydrogen) atoms. The Morgan fingerprint density at radius 2 is 0.840 bits per heavy atom. The van der Waals surface area contributed by atoms with Gasteiger partial charge in [0, 0.05) is 13.2 Å². The van der Waals surface area contributed by atoms with Crippen LogP contribution in [0, 0.1) is 0 Å². The van der Waals surface area contributed by atoms with Crippen LogP contribution >= 0.6 is 7.92 Å². The van der Waals surface area contributed by atoms with E-state index in [0.29, 0.717) is 0 Å². The van der Waals surface area contributed by atoms with Crippen molar-refractivity contribution in [2.75, 3.05) is 13.2 Å². The summed E-state index contributed by atoms with van der Waals surface area (Å²) >= 11 is 0. The number of benzene rings is 3. The van der Waals surface area contributed by atoms with Gasteiger partial charge >= 0.3 is 0 Å². The van der Waals surface area contributed by atoms with E-state index in [9.17, 15) is 0 Å². The molecule has 1 nitrogen and oxygen atoms in total. The highest BCUT2D eigenvalue weighted by atomic mass is 31.1. The molecule has 0 radical (unpaired) electrons.